The van der Waals surface area contributed by atoms with Gasteiger partial charge in [-0.25, -0.2) is 9.59 Å². The lowest BCUT2D eigenvalue weighted by Crippen LogP contribution is -2.36. The highest BCUT2D eigenvalue weighted by Gasteiger charge is 2.14. The molecule has 3 aromatic rings. The molecular formula is C20H20N2O4. The second kappa shape index (κ2) is 7.74. The predicted molar refractivity (Wildman–Crippen MR) is 97.8 cm³/mol. The Kier molecular flexibility index (Phi) is 5.22. The Morgan fingerprint density at radius 1 is 1.12 bits per heavy atom. The monoisotopic (exact) mass is 352 g/mol. The number of amides is 2. The second-order valence-electron chi connectivity index (χ2n) is 5.92. The molecule has 1 aromatic heterocycles. The number of ether oxygens (including phenoxy) is 1. The van der Waals surface area contributed by atoms with E-state index in [0.717, 1.165) is 16.5 Å². The maximum absolute atomic E-state index is 12.1. The smallest absolute Gasteiger partial charge is 0.337 e. The van der Waals surface area contributed by atoms with Crippen molar-refractivity contribution in [1.82, 2.24) is 10.6 Å². The zero-order valence-corrected chi connectivity index (χ0v) is 14.6. The van der Waals surface area contributed by atoms with Gasteiger partial charge in [0.15, 0.2) is 0 Å². The number of methoxy groups -OCH3 is 1. The van der Waals surface area contributed by atoms with Crippen LogP contribution in [0.3, 0.4) is 0 Å². The van der Waals surface area contributed by atoms with E-state index in [2.05, 4.69) is 15.4 Å². The molecule has 2 N–H and O–H groups in total. The Balaban J connectivity index is 1.54. The first-order valence-corrected chi connectivity index (χ1v) is 8.27. The van der Waals surface area contributed by atoms with Gasteiger partial charge in [-0.05, 0) is 36.8 Å². The topological polar surface area (TPSA) is 80.6 Å². The number of benzene rings is 2. The van der Waals surface area contributed by atoms with Crippen molar-refractivity contribution in [1.29, 1.82) is 0 Å². The molecular weight excluding hydrogens is 332 g/mol. The molecule has 6 heteroatoms. The number of nitrogens with one attached hydrogen (secondary N) is 2. The Morgan fingerprint density at radius 3 is 2.54 bits per heavy atom. The summed E-state index contributed by atoms with van der Waals surface area (Å²) in [5.41, 5.74) is 2.14. The number of furan rings is 1. The molecule has 0 spiro atoms. The molecule has 2 amide bonds. The Hall–Kier alpha value is -3.28. The summed E-state index contributed by atoms with van der Waals surface area (Å²) >= 11 is 0. The van der Waals surface area contributed by atoms with E-state index in [4.69, 9.17) is 4.42 Å². The van der Waals surface area contributed by atoms with Gasteiger partial charge in [0.05, 0.1) is 18.7 Å². The summed E-state index contributed by atoms with van der Waals surface area (Å²) < 4.78 is 10.4. The molecule has 0 saturated carbocycles. The van der Waals surface area contributed by atoms with Crippen molar-refractivity contribution in [3.8, 4) is 0 Å². The summed E-state index contributed by atoms with van der Waals surface area (Å²) in [6.45, 7) is 2.21. The number of fused-ring (bicyclic) bond motifs is 1. The average Bonchev–Trinajstić information content (AvgIpc) is 3.10. The van der Waals surface area contributed by atoms with Gasteiger partial charge in [0.1, 0.15) is 11.3 Å². The van der Waals surface area contributed by atoms with Gasteiger partial charge in [-0.2, -0.15) is 0 Å². The summed E-state index contributed by atoms with van der Waals surface area (Å²) in [6.07, 6.45) is 0. The highest BCUT2D eigenvalue weighted by Crippen LogP contribution is 2.23. The normalized spacial score (nSPS) is 11.8. The Bertz CT molecular complexity index is 882. The number of carbonyl (C=O) groups excluding carboxylic acids is 2. The van der Waals surface area contributed by atoms with Crippen LogP contribution in [0.1, 0.15) is 34.6 Å². The number of hydrogen-bond acceptors (Lipinski definition) is 4. The van der Waals surface area contributed by atoms with E-state index < -0.39 is 0 Å². The SMILES string of the molecule is COC(=O)c1ccc(CNC(=O)NC(C)c2cc3ccccc3o2)cc1. The summed E-state index contributed by atoms with van der Waals surface area (Å²) in [7, 11) is 1.34. The molecule has 26 heavy (non-hydrogen) atoms. The van der Waals surface area contributed by atoms with Gasteiger partial charge in [0, 0.05) is 11.9 Å². The first-order valence-electron chi connectivity index (χ1n) is 8.27. The molecule has 1 atom stereocenters. The van der Waals surface area contributed by atoms with Crippen LogP contribution < -0.4 is 10.6 Å². The van der Waals surface area contributed by atoms with Crippen molar-refractivity contribution in [2.75, 3.05) is 7.11 Å². The van der Waals surface area contributed by atoms with Crippen LogP contribution in [-0.4, -0.2) is 19.1 Å². The van der Waals surface area contributed by atoms with E-state index in [1.807, 2.05) is 37.3 Å². The third kappa shape index (κ3) is 4.03. The van der Waals surface area contributed by atoms with E-state index in [0.29, 0.717) is 17.9 Å². The average molecular weight is 352 g/mol. The fourth-order valence-electron chi connectivity index (χ4n) is 2.59. The third-order valence-corrected chi connectivity index (χ3v) is 4.05. The van der Waals surface area contributed by atoms with Crippen molar-refractivity contribution >= 4 is 23.0 Å². The summed E-state index contributed by atoms with van der Waals surface area (Å²) in [6, 6.07) is 15.9. The molecule has 0 fully saturated rings. The van der Waals surface area contributed by atoms with Crippen molar-refractivity contribution in [2.45, 2.75) is 19.5 Å². The first kappa shape index (κ1) is 17.5. The molecule has 3 rings (SSSR count). The van der Waals surface area contributed by atoms with Gasteiger partial charge >= 0.3 is 12.0 Å². The maximum Gasteiger partial charge on any atom is 0.337 e. The van der Waals surface area contributed by atoms with E-state index in [1.165, 1.54) is 7.11 Å². The van der Waals surface area contributed by atoms with Crippen LogP contribution >= 0.6 is 0 Å². The zero-order chi connectivity index (χ0) is 18.5. The van der Waals surface area contributed by atoms with Crippen LogP contribution in [0, 0.1) is 0 Å². The molecule has 134 valence electrons. The van der Waals surface area contributed by atoms with Crippen molar-refractivity contribution in [3.63, 3.8) is 0 Å². The van der Waals surface area contributed by atoms with Crippen molar-refractivity contribution in [2.24, 2.45) is 0 Å². The molecule has 6 nitrogen and oxygen atoms in total. The van der Waals surface area contributed by atoms with Gasteiger partial charge in [-0.3, -0.25) is 0 Å². The van der Waals surface area contributed by atoms with E-state index in [9.17, 15) is 9.59 Å². The number of esters is 1. The Morgan fingerprint density at radius 2 is 1.85 bits per heavy atom. The van der Waals surface area contributed by atoms with Crippen LogP contribution in [0.2, 0.25) is 0 Å². The lowest BCUT2D eigenvalue weighted by molar-refractivity contribution is 0.0600. The van der Waals surface area contributed by atoms with Gasteiger partial charge in [-0.1, -0.05) is 30.3 Å². The Labute approximate surface area is 151 Å². The molecule has 0 aliphatic carbocycles. The van der Waals surface area contributed by atoms with E-state index in [1.54, 1.807) is 24.3 Å². The van der Waals surface area contributed by atoms with E-state index >= 15 is 0 Å². The molecule has 1 heterocycles. The number of urea groups is 1. The summed E-state index contributed by atoms with van der Waals surface area (Å²) in [5, 5.41) is 6.64. The van der Waals surface area contributed by atoms with Gasteiger partial charge < -0.3 is 19.8 Å². The fourth-order valence-corrected chi connectivity index (χ4v) is 2.59. The minimum absolute atomic E-state index is 0.260. The van der Waals surface area contributed by atoms with Crippen molar-refractivity contribution in [3.05, 3.63) is 71.5 Å². The number of rotatable bonds is 5. The molecule has 0 bridgehead atoms. The quantitative estimate of drug-likeness (QED) is 0.685. The number of hydrogen-bond donors (Lipinski definition) is 2. The molecule has 1 unspecified atom stereocenters. The molecule has 0 saturated heterocycles. The molecule has 2 aromatic carbocycles. The fraction of sp³-hybridized carbons (Fsp3) is 0.200. The van der Waals surface area contributed by atoms with Crippen LogP contribution in [0.5, 0.6) is 0 Å². The summed E-state index contributed by atoms with van der Waals surface area (Å²) in [4.78, 5) is 23.5. The molecule has 0 aliphatic rings. The predicted octanol–water partition coefficient (Wildman–Crippen LogP) is 3.78. The standard InChI is InChI=1S/C20H20N2O4/c1-13(18-11-16-5-3-4-6-17(16)26-18)22-20(24)21-12-14-7-9-15(10-8-14)19(23)25-2/h3-11,13H,12H2,1-2H3,(H2,21,22,24). The van der Waals surface area contributed by atoms with Crippen LogP contribution in [0.25, 0.3) is 11.0 Å². The van der Waals surface area contributed by atoms with Crippen LogP contribution in [0.15, 0.2) is 59.0 Å². The highest BCUT2D eigenvalue weighted by molar-refractivity contribution is 5.89. The lowest BCUT2D eigenvalue weighted by atomic mass is 10.1. The van der Waals surface area contributed by atoms with Crippen LogP contribution in [0.4, 0.5) is 4.79 Å². The van der Waals surface area contributed by atoms with E-state index in [-0.39, 0.29) is 18.0 Å². The maximum atomic E-state index is 12.1. The highest BCUT2D eigenvalue weighted by atomic mass is 16.5. The molecule has 0 aliphatic heterocycles. The van der Waals surface area contributed by atoms with Gasteiger partial charge in [0.2, 0.25) is 0 Å². The largest absolute Gasteiger partial charge is 0.465 e. The minimum atomic E-state index is -0.387. The van der Waals surface area contributed by atoms with Crippen LogP contribution in [-0.2, 0) is 11.3 Å². The van der Waals surface area contributed by atoms with Gasteiger partial charge in [-0.15, -0.1) is 0 Å². The first-order chi connectivity index (χ1) is 12.6. The van der Waals surface area contributed by atoms with Gasteiger partial charge in [0.25, 0.3) is 0 Å². The minimum Gasteiger partial charge on any atom is -0.465 e. The number of para-hydroxylation sites is 1. The molecule has 0 radical (unpaired) electrons. The van der Waals surface area contributed by atoms with Crippen molar-refractivity contribution < 1.29 is 18.7 Å². The third-order valence-electron chi connectivity index (χ3n) is 4.05. The lowest BCUT2D eigenvalue weighted by Gasteiger charge is -2.12. The number of carbonyl (C=O) groups is 2. The second-order valence-corrected chi connectivity index (χ2v) is 5.92. The zero-order valence-electron chi connectivity index (χ0n) is 14.6. The summed E-state index contributed by atoms with van der Waals surface area (Å²) in [5.74, 6) is 0.311.